The minimum absolute atomic E-state index is 0.0390. The molecule has 0 spiro atoms. The van der Waals surface area contributed by atoms with E-state index in [0.29, 0.717) is 18.3 Å². The molecule has 2 nitrogen and oxygen atoms in total. The zero-order valence-electron chi connectivity index (χ0n) is 12.8. The van der Waals surface area contributed by atoms with Gasteiger partial charge >= 0.3 is 0 Å². The number of hydrogen-bond acceptors (Lipinski definition) is 2. The highest BCUT2D eigenvalue weighted by Crippen LogP contribution is 2.47. The Morgan fingerprint density at radius 1 is 1.20 bits per heavy atom. The summed E-state index contributed by atoms with van der Waals surface area (Å²) in [7, 11) is 0. The lowest BCUT2D eigenvalue weighted by Crippen LogP contribution is -2.51. The van der Waals surface area contributed by atoms with Crippen LogP contribution in [0.2, 0.25) is 0 Å². The lowest BCUT2D eigenvalue weighted by Gasteiger charge is -2.49. The van der Waals surface area contributed by atoms with Crippen molar-refractivity contribution in [1.82, 2.24) is 0 Å². The Morgan fingerprint density at radius 3 is 2.60 bits per heavy atom. The van der Waals surface area contributed by atoms with Gasteiger partial charge in [0.2, 0.25) is 0 Å². The number of benzene rings is 1. The molecule has 20 heavy (non-hydrogen) atoms. The van der Waals surface area contributed by atoms with E-state index in [0.717, 1.165) is 12.8 Å². The minimum atomic E-state index is -0.599. The summed E-state index contributed by atoms with van der Waals surface area (Å²) >= 11 is 0. The van der Waals surface area contributed by atoms with Gasteiger partial charge in [-0.25, -0.2) is 0 Å². The average molecular weight is 274 g/mol. The third-order valence-corrected chi connectivity index (χ3v) is 5.24. The summed E-state index contributed by atoms with van der Waals surface area (Å²) in [5.41, 5.74) is 1.87. The largest absolute Gasteiger partial charge is 0.390 e. The lowest BCUT2D eigenvalue weighted by molar-refractivity contribution is -0.197. The number of ether oxygens (including phenoxy) is 1. The summed E-state index contributed by atoms with van der Waals surface area (Å²) in [4.78, 5) is 0. The molecule has 1 aliphatic carbocycles. The van der Waals surface area contributed by atoms with E-state index in [-0.39, 0.29) is 12.2 Å². The Labute approximate surface area is 122 Å². The Balaban J connectivity index is 1.83. The van der Waals surface area contributed by atoms with E-state index in [1.807, 2.05) is 6.92 Å². The summed E-state index contributed by atoms with van der Waals surface area (Å²) in [5, 5.41) is 10.9. The Morgan fingerprint density at radius 2 is 1.90 bits per heavy atom. The first-order chi connectivity index (χ1) is 9.45. The monoisotopic (exact) mass is 274 g/mol. The molecule has 1 aliphatic heterocycles. The molecular weight excluding hydrogens is 248 g/mol. The zero-order valence-corrected chi connectivity index (χ0v) is 12.8. The summed E-state index contributed by atoms with van der Waals surface area (Å²) in [6, 6.07) is 8.54. The Bertz CT molecular complexity index is 463. The van der Waals surface area contributed by atoms with Crippen molar-refractivity contribution < 1.29 is 9.84 Å². The zero-order chi connectivity index (χ0) is 14.3. The SMILES string of the molecule is Cc1ccc([C@H]2C[C@](C)(O)[C@@H]3CC[C@@H](C)C[C@H]3O2)cc1. The van der Waals surface area contributed by atoms with Crippen LogP contribution in [0.3, 0.4) is 0 Å². The van der Waals surface area contributed by atoms with E-state index in [1.54, 1.807) is 0 Å². The molecule has 0 bridgehead atoms. The van der Waals surface area contributed by atoms with Crippen molar-refractivity contribution in [2.24, 2.45) is 11.8 Å². The van der Waals surface area contributed by atoms with Crippen LogP contribution < -0.4 is 0 Å². The molecule has 2 heteroatoms. The summed E-state index contributed by atoms with van der Waals surface area (Å²) < 4.78 is 6.36. The van der Waals surface area contributed by atoms with E-state index >= 15 is 0 Å². The standard InChI is InChI=1S/C18H26O2/c1-12-4-7-14(8-5-12)17-11-18(3,19)15-9-6-13(2)10-16(15)20-17/h4-5,7-8,13,15-17,19H,6,9-11H2,1-3H3/t13-,15-,16-,17-,18+/m1/s1. The highest BCUT2D eigenvalue weighted by atomic mass is 16.5. The number of aryl methyl sites for hydroxylation is 1. The molecule has 1 N–H and O–H groups in total. The van der Waals surface area contributed by atoms with Crippen molar-refractivity contribution in [2.45, 2.75) is 64.3 Å². The van der Waals surface area contributed by atoms with Gasteiger partial charge in [0.15, 0.2) is 0 Å². The maximum absolute atomic E-state index is 10.9. The average Bonchev–Trinajstić information content (AvgIpc) is 2.38. The second kappa shape index (κ2) is 5.16. The van der Waals surface area contributed by atoms with E-state index in [1.165, 1.54) is 17.5 Å². The van der Waals surface area contributed by atoms with Crippen LogP contribution in [0, 0.1) is 18.8 Å². The van der Waals surface area contributed by atoms with Gasteiger partial charge in [0.25, 0.3) is 0 Å². The van der Waals surface area contributed by atoms with E-state index < -0.39 is 5.60 Å². The molecule has 1 aromatic carbocycles. The van der Waals surface area contributed by atoms with Gasteiger partial charge in [-0.15, -0.1) is 0 Å². The van der Waals surface area contributed by atoms with Gasteiger partial charge in [0.05, 0.1) is 17.8 Å². The number of hydrogen-bond donors (Lipinski definition) is 1. The fraction of sp³-hybridized carbons (Fsp3) is 0.667. The Hall–Kier alpha value is -0.860. The van der Waals surface area contributed by atoms with Crippen LogP contribution in [0.1, 0.15) is 56.8 Å². The number of rotatable bonds is 1. The molecule has 2 aliphatic rings. The predicted molar refractivity (Wildman–Crippen MR) is 80.5 cm³/mol. The molecule has 1 saturated carbocycles. The first kappa shape index (κ1) is 14.1. The molecule has 2 fully saturated rings. The molecule has 1 heterocycles. The summed E-state index contributed by atoms with van der Waals surface area (Å²) in [6.07, 6.45) is 4.37. The molecule has 0 unspecified atom stereocenters. The first-order valence-electron chi connectivity index (χ1n) is 7.90. The van der Waals surface area contributed by atoms with Crippen molar-refractivity contribution in [2.75, 3.05) is 0 Å². The highest BCUT2D eigenvalue weighted by Gasteiger charge is 2.47. The summed E-state index contributed by atoms with van der Waals surface area (Å²) in [6.45, 7) is 6.40. The maximum atomic E-state index is 10.9. The van der Waals surface area contributed by atoms with Crippen molar-refractivity contribution >= 4 is 0 Å². The topological polar surface area (TPSA) is 29.5 Å². The number of fused-ring (bicyclic) bond motifs is 1. The van der Waals surface area contributed by atoms with Gasteiger partial charge in [-0.1, -0.05) is 43.2 Å². The molecule has 0 aromatic heterocycles. The maximum Gasteiger partial charge on any atom is 0.0856 e. The number of aliphatic hydroxyl groups is 1. The van der Waals surface area contributed by atoms with Crippen LogP contribution in [0.4, 0.5) is 0 Å². The van der Waals surface area contributed by atoms with Crippen LogP contribution in [0.25, 0.3) is 0 Å². The van der Waals surface area contributed by atoms with Crippen molar-refractivity contribution in [3.63, 3.8) is 0 Å². The van der Waals surface area contributed by atoms with Crippen molar-refractivity contribution in [3.8, 4) is 0 Å². The second-order valence-corrected chi connectivity index (χ2v) is 7.16. The summed E-state index contributed by atoms with van der Waals surface area (Å²) in [5.74, 6) is 1.02. The van der Waals surface area contributed by atoms with Crippen LogP contribution in [0.5, 0.6) is 0 Å². The molecule has 1 saturated heterocycles. The van der Waals surface area contributed by atoms with Gasteiger partial charge in [-0.3, -0.25) is 0 Å². The van der Waals surface area contributed by atoms with Crippen LogP contribution in [-0.4, -0.2) is 16.8 Å². The van der Waals surface area contributed by atoms with Gasteiger partial charge in [0, 0.05) is 12.3 Å². The molecule has 110 valence electrons. The molecule has 1 aromatic rings. The molecule has 5 atom stereocenters. The minimum Gasteiger partial charge on any atom is -0.390 e. The van der Waals surface area contributed by atoms with Gasteiger partial charge in [-0.2, -0.15) is 0 Å². The fourth-order valence-electron chi connectivity index (χ4n) is 3.95. The third kappa shape index (κ3) is 2.64. The van der Waals surface area contributed by atoms with Crippen LogP contribution in [-0.2, 0) is 4.74 Å². The normalized spacial score (nSPS) is 41.2. The first-order valence-corrected chi connectivity index (χ1v) is 7.90. The molecule has 3 rings (SSSR count). The van der Waals surface area contributed by atoms with Crippen molar-refractivity contribution in [3.05, 3.63) is 35.4 Å². The highest BCUT2D eigenvalue weighted by molar-refractivity contribution is 5.24. The molecule has 0 amide bonds. The van der Waals surface area contributed by atoms with Crippen LogP contribution in [0.15, 0.2) is 24.3 Å². The molecular formula is C18H26O2. The predicted octanol–water partition coefficient (Wildman–Crippen LogP) is 4.01. The van der Waals surface area contributed by atoms with E-state index in [9.17, 15) is 5.11 Å². The van der Waals surface area contributed by atoms with Gasteiger partial charge in [-0.05, 0) is 38.2 Å². The van der Waals surface area contributed by atoms with Gasteiger partial charge in [0.1, 0.15) is 0 Å². The lowest BCUT2D eigenvalue weighted by atomic mass is 9.68. The third-order valence-electron chi connectivity index (χ3n) is 5.24. The van der Waals surface area contributed by atoms with Crippen LogP contribution >= 0.6 is 0 Å². The fourth-order valence-corrected chi connectivity index (χ4v) is 3.95. The van der Waals surface area contributed by atoms with Gasteiger partial charge < -0.3 is 9.84 Å². The van der Waals surface area contributed by atoms with E-state index in [2.05, 4.69) is 38.1 Å². The quantitative estimate of drug-likeness (QED) is 0.838. The van der Waals surface area contributed by atoms with E-state index in [4.69, 9.17) is 4.74 Å². The molecule has 0 radical (unpaired) electrons. The second-order valence-electron chi connectivity index (χ2n) is 7.16. The Kier molecular flexibility index (Phi) is 3.64. The smallest absolute Gasteiger partial charge is 0.0856 e. The van der Waals surface area contributed by atoms with Crippen molar-refractivity contribution in [1.29, 1.82) is 0 Å².